The number of carboxylic acid groups (broad SMARTS) is 1. The van der Waals surface area contributed by atoms with E-state index >= 15 is 0 Å². The third-order valence-electron chi connectivity index (χ3n) is 2.82. The Bertz CT molecular complexity index is 510. The van der Waals surface area contributed by atoms with Crippen molar-refractivity contribution in [3.63, 3.8) is 0 Å². The number of methoxy groups -OCH3 is 1. The van der Waals surface area contributed by atoms with Gasteiger partial charge in [-0.15, -0.1) is 0 Å². The summed E-state index contributed by atoms with van der Waals surface area (Å²) in [4.78, 5) is 22.9. The van der Waals surface area contributed by atoms with E-state index in [1.165, 1.54) is 31.0 Å². The number of aliphatic carboxylic acids is 1. The summed E-state index contributed by atoms with van der Waals surface area (Å²) in [6.45, 7) is 0. The SMILES string of the molecule is COc1ccc(CC(=O)N[C@@H](CCSC)C(=O)O)cc1F. The van der Waals surface area contributed by atoms with E-state index in [4.69, 9.17) is 9.84 Å². The first-order chi connectivity index (χ1) is 9.97. The van der Waals surface area contributed by atoms with Gasteiger partial charge in [-0.05, 0) is 36.1 Å². The molecule has 21 heavy (non-hydrogen) atoms. The Labute approximate surface area is 126 Å². The van der Waals surface area contributed by atoms with Crippen LogP contribution in [-0.2, 0) is 16.0 Å². The van der Waals surface area contributed by atoms with E-state index in [2.05, 4.69) is 5.32 Å². The summed E-state index contributed by atoms with van der Waals surface area (Å²) >= 11 is 1.51. The van der Waals surface area contributed by atoms with Crippen LogP contribution in [0.2, 0.25) is 0 Å². The van der Waals surface area contributed by atoms with Crippen LogP contribution in [0.3, 0.4) is 0 Å². The summed E-state index contributed by atoms with van der Waals surface area (Å²) in [5.41, 5.74) is 0.458. The van der Waals surface area contributed by atoms with E-state index < -0.39 is 23.7 Å². The van der Waals surface area contributed by atoms with E-state index in [0.29, 0.717) is 17.7 Å². The smallest absolute Gasteiger partial charge is 0.326 e. The highest BCUT2D eigenvalue weighted by Gasteiger charge is 2.19. The molecule has 0 spiro atoms. The summed E-state index contributed by atoms with van der Waals surface area (Å²) < 4.78 is 18.3. The summed E-state index contributed by atoms with van der Waals surface area (Å²) in [7, 11) is 1.36. The average Bonchev–Trinajstić information content (AvgIpc) is 2.43. The Kier molecular flexibility index (Phi) is 7.01. The van der Waals surface area contributed by atoms with Gasteiger partial charge in [-0.1, -0.05) is 6.07 Å². The van der Waals surface area contributed by atoms with Crippen molar-refractivity contribution in [3.8, 4) is 5.75 Å². The molecule has 0 aliphatic carbocycles. The van der Waals surface area contributed by atoms with Crippen molar-refractivity contribution >= 4 is 23.6 Å². The Morgan fingerprint density at radius 2 is 2.19 bits per heavy atom. The van der Waals surface area contributed by atoms with Crippen molar-refractivity contribution in [1.29, 1.82) is 0 Å². The van der Waals surface area contributed by atoms with Gasteiger partial charge in [0.2, 0.25) is 5.91 Å². The number of halogens is 1. The number of rotatable bonds is 8. The number of benzene rings is 1. The largest absolute Gasteiger partial charge is 0.494 e. The minimum Gasteiger partial charge on any atom is -0.494 e. The lowest BCUT2D eigenvalue weighted by atomic mass is 10.1. The second-order valence-electron chi connectivity index (χ2n) is 4.39. The molecule has 0 saturated heterocycles. The molecule has 0 bridgehead atoms. The lowest BCUT2D eigenvalue weighted by Gasteiger charge is -2.14. The van der Waals surface area contributed by atoms with Gasteiger partial charge in [0.1, 0.15) is 6.04 Å². The predicted molar refractivity (Wildman–Crippen MR) is 79.2 cm³/mol. The Morgan fingerprint density at radius 1 is 1.48 bits per heavy atom. The van der Waals surface area contributed by atoms with E-state index in [1.807, 2.05) is 6.26 Å². The lowest BCUT2D eigenvalue weighted by molar-refractivity contribution is -0.141. The van der Waals surface area contributed by atoms with Gasteiger partial charge in [0.15, 0.2) is 11.6 Å². The van der Waals surface area contributed by atoms with Crippen molar-refractivity contribution < 1.29 is 23.8 Å². The highest BCUT2D eigenvalue weighted by Crippen LogP contribution is 2.18. The Morgan fingerprint density at radius 3 is 2.71 bits per heavy atom. The third-order valence-corrected chi connectivity index (χ3v) is 3.47. The molecule has 1 atom stereocenters. The topological polar surface area (TPSA) is 75.6 Å². The Hall–Kier alpha value is -1.76. The maximum Gasteiger partial charge on any atom is 0.326 e. The van der Waals surface area contributed by atoms with E-state index in [-0.39, 0.29) is 12.2 Å². The van der Waals surface area contributed by atoms with Gasteiger partial charge in [0, 0.05) is 0 Å². The number of carboxylic acids is 1. The number of hydrogen-bond donors (Lipinski definition) is 2. The average molecular weight is 315 g/mol. The third kappa shape index (κ3) is 5.63. The van der Waals surface area contributed by atoms with Gasteiger partial charge >= 0.3 is 5.97 Å². The van der Waals surface area contributed by atoms with Gasteiger partial charge < -0.3 is 15.2 Å². The van der Waals surface area contributed by atoms with Gasteiger partial charge in [-0.25, -0.2) is 9.18 Å². The van der Waals surface area contributed by atoms with Gasteiger partial charge in [0.25, 0.3) is 0 Å². The number of nitrogens with one attached hydrogen (secondary N) is 1. The standard InChI is InChI=1S/C14H18FNO4S/c1-20-12-4-3-9(7-10(12)15)8-13(17)16-11(14(18)19)5-6-21-2/h3-4,7,11H,5-6,8H2,1-2H3,(H,16,17)(H,18,19)/t11-/m0/s1. The Balaban J connectivity index is 2.63. The van der Waals surface area contributed by atoms with Gasteiger partial charge in [-0.3, -0.25) is 4.79 Å². The number of ether oxygens (including phenoxy) is 1. The highest BCUT2D eigenvalue weighted by atomic mass is 32.2. The first-order valence-corrected chi connectivity index (χ1v) is 7.70. The van der Waals surface area contributed by atoms with Crippen molar-refractivity contribution in [3.05, 3.63) is 29.6 Å². The molecule has 0 aliphatic heterocycles. The second-order valence-corrected chi connectivity index (χ2v) is 5.37. The zero-order valence-corrected chi connectivity index (χ0v) is 12.7. The maximum absolute atomic E-state index is 13.5. The first kappa shape index (κ1) is 17.3. The van der Waals surface area contributed by atoms with Crippen molar-refractivity contribution in [2.45, 2.75) is 18.9 Å². The monoisotopic (exact) mass is 315 g/mol. The maximum atomic E-state index is 13.5. The molecule has 2 N–H and O–H groups in total. The van der Waals surface area contributed by atoms with Crippen LogP contribution in [0.5, 0.6) is 5.75 Å². The van der Waals surface area contributed by atoms with Crippen LogP contribution in [0.1, 0.15) is 12.0 Å². The summed E-state index contributed by atoms with van der Waals surface area (Å²) in [6, 6.07) is 3.28. The fraction of sp³-hybridized carbons (Fsp3) is 0.429. The van der Waals surface area contributed by atoms with Crippen LogP contribution in [0, 0.1) is 5.82 Å². The van der Waals surface area contributed by atoms with Crippen LogP contribution in [0.15, 0.2) is 18.2 Å². The number of amides is 1. The zero-order chi connectivity index (χ0) is 15.8. The van der Waals surface area contributed by atoms with Crippen LogP contribution >= 0.6 is 11.8 Å². The molecular formula is C14H18FNO4S. The number of thioether (sulfide) groups is 1. The van der Waals surface area contributed by atoms with Gasteiger partial charge in [-0.2, -0.15) is 11.8 Å². The molecule has 1 amide bonds. The summed E-state index contributed by atoms with van der Waals surface area (Å²) in [5, 5.41) is 11.5. The summed E-state index contributed by atoms with van der Waals surface area (Å²) in [5.74, 6) is -1.34. The van der Waals surface area contributed by atoms with Crippen molar-refractivity contribution in [2.75, 3.05) is 19.1 Å². The molecule has 0 aromatic heterocycles. The van der Waals surface area contributed by atoms with Crippen molar-refractivity contribution in [1.82, 2.24) is 5.32 Å². The molecule has 5 nitrogen and oxygen atoms in total. The molecular weight excluding hydrogens is 297 g/mol. The van der Waals surface area contributed by atoms with Crippen LogP contribution in [-0.4, -0.2) is 42.1 Å². The van der Waals surface area contributed by atoms with Crippen LogP contribution in [0.25, 0.3) is 0 Å². The molecule has 0 radical (unpaired) electrons. The molecule has 0 unspecified atom stereocenters. The molecule has 1 aromatic rings. The zero-order valence-electron chi connectivity index (χ0n) is 11.9. The number of hydrogen-bond acceptors (Lipinski definition) is 4. The molecule has 7 heteroatoms. The fourth-order valence-corrected chi connectivity index (χ4v) is 2.22. The van der Waals surface area contributed by atoms with E-state index in [1.54, 1.807) is 6.07 Å². The molecule has 0 saturated carbocycles. The molecule has 1 aromatic carbocycles. The minimum atomic E-state index is -1.07. The minimum absolute atomic E-state index is 0.0794. The normalized spacial score (nSPS) is 11.8. The van der Waals surface area contributed by atoms with Crippen LogP contribution in [0.4, 0.5) is 4.39 Å². The van der Waals surface area contributed by atoms with E-state index in [0.717, 1.165) is 0 Å². The lowest BCUT2D eigenvalue weighted by Crippen LogP contribution is -2.41. The van der Waals surface area contributed by atoms with Crippen LogP contribution < -0.4 is 10.1 Å². The molecule has 1 rings (SSSR count). The molecule has 0 aliphatic rings. The number of carbonyl (C=O) groups is 2. The second kappa shape index (κ2) is 8.51. The number of carbonyl (C=O) groups excluding carboxylic acids is 1. The summed E-state index contributed by atoms with van der Waals surface area (Å²) in [6.07, 6.45) is 2.13. The first-order valence-electron chi connectivity index (χ1n) is 6.31. The fourth-order valence-electron chi connectivity index (χ4n) is 1.74. The van der Waals surface area contributed by atoms with Crippen molar-refractivity contribution in [2.24, 2.45) is 0 Å². The van der Waals surface area contributed by atoms with E-state index in [9.17, 15) is 14.0 Å². The molecule has 0 heterocycles. The molecule has 116 valence electrons. The predicted octanol–water partition coefficient (Wildman–Crippen LogP) is 1.70. The highest BCUT2D eigenvalue weighted by molar-refractivity contribution is 7.98. The quantitative estimate of drug-likeness (QED) is 0.763. The molecule has 0 fully saturated rings. The van der Waals surface area contributed by atoms with Gasteiger partial charge in [0.05, 0.1) is 13.5 Å².